The minimum absolute atomic E-state index is 0.702. The van der Waals surface area contributed by atoms with Gasteiger partial charge in [0, 0.05) is 23.5 Å². The van der Waals surface area contributed by atoms with Crippen LogP contribution in [0.25, 0.3) is 27.4 Å². The molecule has 0 aliphatic heterocycles. The largest absolute Gasteiger partial charge is 0.497 e. The number of anilines is 1. The second kappa shape index (κ2) is 10.2. The Morgan fingerprint density at radius 1 is 0.857 bits per heavy atom. The van der Waals surface area contributed by atoms with Gasteiger partial charge in [-0.2, -0.15) is 10.2 Å². The third-order valence-electron chi connectivity index (χ3n) is 5.37. The first kappa shape index (κ1) is 22.4. The van der Waals surface area contributed by atoms with Crippen molar-refractivity contribution in [3.05, 3.63) is 96.8 Å². The van der Waals surface area contributed by atoms with Crippen molar-refractivity contribution in [1.29, 1.82) is 0 Å². The number of hydrogen-bond donors (Lipinski definition) is 1. The molecule has 0 bridgehead atoms. The molecule has 0 aliphatic rings. The number of hydrogen-bond acceptors (Lipinski definition) is 7. The van der Waals surface area contributed by atoms with E-state index in [0.717, 1.165) is 44.4 Å². The van der Waals surface area contributed by atoms with Gasteiger partial charge in [0.1, 0.15) is 17.2 Å². The van der Waals surface area contributed by atoms with Crippen LogP contribution in [0.15, 0.2) is 96.4 Å². The summed E-state index contributed by atoms with van der Waals surface area (Å²) >= 11 is 1.53. The van der Waals surface area contributed by atoms with E-state index < -0.39 is 0 Å². The van der Waals surface area contributed by atoms with Gasteiger partial charge >= 0.3 is 0 Å². The lowest BCUT2D eigenvalue weighted by molar-refractivity contribution is 0.415. The number of nitrogens with one attached hydrogen (secondary N) is 1. The highest BCUT2D eigenvalue weighted by molar-refractivity contribution is 7.18. The first-order chi connectivity index (χ1) is 17.2. The molecule has 2 aromatic heterocycles. The van der Waals surface area contributed by atoms with Gasteiger partial charge in [-0.25, -0.2) is 9.67 Å². The molecule has 0 amide bonds. The fourth-order valence-electron chi connectivity index (χ4n) is 3.54. The van der Waals surface area contributed by atoms with E-state index in [0.29, 0.717) is 5.13 Å². The molecule has 2 heterocycles. The normalized spacial score (nSPS) is 11.0. The van der Waals surface area contributed by atoms with E-state index in [1.54, 1.807) is 20.4 Å². The molecule has 0 atom stereocenters. The zero-order valence-electron chi connectivity index (χ0n) is 19.3. The Balaban J connectivity index is 1.39. The summed E-state index contributed by atoms with van der Waals surface area (Å²) in [6.07, 6.45) is 5.56. The fourth-order valence-corrected chi connectivity index (χ4v) is 4.31. The molecule has 8 heteroatoms. The maximum Gasteiger partial charge on any atom is 0.203 e. The van der Waals surface area contributed by atoms with Crippen LogP contribution in [-0.2, 0) is 0 Å². The van der Waals surface area contributed by atoms with Crippen molar-refractivity contribution < 1.29 is 9.47 Å². The lowest BCUT2D eigenvalue weighted by atomic mass is 10.1. The fraction of sp³-hybridized carbons (Fsp3) is 0.0741. The highest BCUT2D eigenvalue weighted by Gasteiger charge is 2.12. The Morgan fingerprint density at radius 2 is 1.51 bits per heavy atom. The summed E-state index contributed by atoms with van der Waals surface area (Å²) < 4.78 is 12.4. The van der Waals surface area contributed by atoms with Crippen LogP contribution in [0.5, 0.6) is 11.5 Å². The quantitative estimate of drug-likeness (QED) is 0.213. The lowest BCUT2D eigenvalue weighted by Crippen LogP contribution is -1.94. The predicted molar refractivity (Wildman–Crippen MR) is 141 cm³/mol. The molecule has 0 spiro atoms. The van der Waals surface area contributed by atoms with Crippen LogP contribution in [0.1, 0.15) is 5.56 Å². The van der Waals surface area contributed by atoms with E-state index in [4.69, 9.17) is 14.6 Å². The van der Waals surface area contributed by atoms with Crippen LogP contribution < -0.4 is 14.9 Å². The summed E-state index contributed by atoms with van der Waals surface area (Å²) in [6.45, 7) is 0. The topological polar surface area (TPSA) is 73.6 Å². The average Bonchev–Trinajstić information content (AvgIpc) is 3.57. The van der Waals surface area contributed by atoms with Crippen molar-refractivity contribution in [3.8, 4) is 38.9 Å². The zero-order chi connectivity index (χ0) is 24.0. The Bertz CT molecular complexity index is 1420. The molecule has 5 rings (SSSR count). The van der Waals surface area contributed by atoms with Crippen molar-refractivity contribution in [1.82, 2.24) is 14.8 Å². The summed E-state index contributed by atoms with van der Waals surface area (Å²) in [5.74, 6) is 1.62. The van der Waals surface area contributed by atoms with E-state index in [1.807, 2.05) is 95.9 Å². The van der Waals surface area contributed by atoms with Gasteiger partial charge in [0.2, 0.25) is 5.13 Å². The minimum Gasteiger partial charge on any atom is -0.497 e. The number of aromatic nitrogens is 3. The van der Waals surface area contributed by atoms with E-state index >= 15 is 0 Å². The van der Waals surface area contributed by atoms with Gasteiger partial charge in [0.25, 0.3) is 0 Å². The van der Waals surface area contributed by atoms with Crippen LogP contribution in [0.4, 0.5) is 5.13 Å². The lowest BCUT2D eigenvalue weighted by Gasteiger charge is -2.02. The Morgan fingerprint density at radius 3 is 2.17 bits per heavy atom. The van der Waals surface area contributed by atoms with Gasteiger partial charge in [-0.3, -0.25) is 5.43 Å². The molecule has 3 aromatic carbocycles. The Labute approximate surface area is 207 Å². The van der Waals surface area contributed by atoms with Crippen LogP contribution in [-0.4, -0.2) is 35.2 Å². The second-order valence-corrected chi connectivity index (χ2v) is 8.60. The van der Waals surface area contributed by atoms with Crippen LogP contribution in [0.3, 0.4) is 0 Å². The van der Waals surface area contributed by atoms with Crippen molar-refractivity contribution in [2.24, 2.45) is 5.10 Å². The standard InChI is InChI=1S/C27H23N5O2S/c1-33-23-12-8-19(9-13-23)25-17-28-27(35-25)30-29-16-21-18-32(22-6-4-3-5-7-22)31-26(21)20-10-14-24(34-2)15-11-20/h3-18H,1-2H3,(H,28,30)/b29-16+. The number of nitrogens with zero attached hydrogens (tertiary/aromatic N) is 4. The van der Waals surface area contributed by atoms with Crippen molar-refractivity contribution >= 4 is 22.7 Å². The molecule has 0 aliphatic carbocycles. The molecule has 0 radical (unpaired) electrons. The summed E-state index contributed by atoms with van der Waals surface area (Å²) in [4.78, 5) is 5.49. The molecular formula is C27H23N5O2S. The van der Waals surface area contributed by atoms with Crippen molar-refractivity contribution in [2.45, 2.75) is 0 Å². The predicted octanol–water partition coefficient (Wildman–Crippen LogP) is 6.13. The third kappa shape index (κ3) is 5.07. The Kier molecular flexibility index (Phi) is 6.54. The van der Waals surface area contributed by atoms with E-state index in [9.17, 15) is 0 Å². The number of thiazole rings is 1. The zero-order valence-corrected chi connectivity index (χ0v) is 20.1. The molecular weight excluding hydrogens is 458 g/mol. The second-order valence-electron chi connectivity index (χ2n) is 7.57. The first-order valence-electron chi connectivity index (χ1n) is 10.9. The van der Waals surface area contributed by atoms with Gasteiger partial charge < -0.3 is 9.47 Å². The van der Waals surface area contributed by atoms with Crippen molar-refractivity contribution in [3.63, 3.8) is 0 Å². The van der Waals surface area contributed by atoms with Crippen LogP contribution in [0, 0.1) is 0 Å². The monoisotopic (exact) mass is 481 g/mol. The number of benzene rings is 3. The first-order valence-corrected chi connectivity index (χ1v) is 11.7. The summed E-state index contributed by atoms with van der Waals surface area (Å²) in [7, 11) is 3.31. The van der Waals surface area contributed by atoms with E-state index in [2.05, 4.69) is 15.5 Å². The number of para-hydroxylation sites is 1. The summed E-state index contributed by atoms with van der Waals surface area (Å²) in [5, 5.41) is 9.97. The molecule has 0 saturated carbocycles. The summed E-state index contributed by atoms with van der Waals surface area (Å²) in [6, 6.07) is 25.7. The van der Waals surface area contributed by atoms with Gasteiger partial charge in [-0.15, -0.1) is 0 Å². The number of ether oxygens (including phenoxy) is 2. The molecule has 174 valence electrons. The number of hydrazone groups is 1. The third-order valence-corrected chi connectivity index (χ3v) is 6.32. The van der Waals surface area contributed by atoms with Gasteiger partial charge in [-0.05, 0) is 66.2 Å². The maximum absolute atomic E-state index is 5.30. The van der Waals surface area contributed by atoms with Gasteiger partial charge in [0.05, 0.1) is 31.0 Å². The number of rotatable bonds is 8. The minimum atomic E-state index is 0.702. The SMILES string of the molecule is COc1ccc(-c2cnc(N/N=C/c3cn(-c4ccccc4)nc3-c3ccc(OC)cc3)s2)cc1. The Hall–Kier alpha value is -4.43. The molecule has 0 fully saturated rings. The highest BCUT2D eigenvalue weighted by atomic mass is 32.1. The molecule has 1 N–H and O–H groups in total. The van der Waals surface area contributed by atoms with Crippen LogP contribution >= 0.6 is 11.3 Å². The van der Waals surface area contributed by atoms with Gasteiger partial charge in [-0.1, -0.05) is 29.5 Å². The molecule has 0 saturated heterocycles. The van der Waals surface area contributed by atoms with E-state index in [-0.39, 0.29) is 0 Å². The van der Waals surface area contributed by atoms with Crippen LogP contribution in [0.2, 0.25) is 0 Å². The average molecular weight is 482 g/mol. The van der Waals surface area contributed by atoms with E-state index in [1.165, 1.54) is 11.3 Å². The molecule has 5 aromatic rings. The maximum atomic E-state index is 5.30. The molecule has 0 unspecified atom stereocenters. The smallest absolute Gasteiger partial charge is 0.203 e. The number of methoxy groups -OCH3 is 2. The van der Waals surface area contributed by atoms with Gasteiger partial charge in [0.15, 0.2) is 0 Å². The summed E-state index contributed by atoms with van der Waals surface area (Å²) in [5.41, 5.74) is 7.76. The molecule has 35 heavy (non-hydrogen) atoms. The van der Waals surface area contributed by atoms with Crippen molar-refractivity contribution in [2.75, 3.05) is 19.6 Å². The highest BCUT2D eigenvalue weighted by Crippen LogP contribution is 2.30. The molecule has 7 nitrogen and oxygen atoms in total.